The number of rotatable bonds is 2. The molecule has 7 aromatic rings. The molecule has 0 aliphatic carbocycles. The second-order valence-corrected chi connectivity index (χ2v) is 10.7. The minimum absolute atomic E-state index is 0.365. The van der Waals surface area contributed by atoms with E-state index in [4.69, 9.17) is 0 Å². The maximum Gasteiger partial charge on any atom is 0.265 e. The van der Waals surface area contributed by atoms with Gasteiger partial charge in [-0.05, 0) is 80.8 Å². The summed E-state index contributed by atoms with van der Waals surface area (Å²) in [5.41, 5.74) is 2.91. The lowest BCUT2D eigenvalue weighted by Gasteiger charge is -2.30. The molecule has 0 saturated carbocycles. The molecule has 48 heavy (non-hydrogen) atoms. The maximum absolute atomic E-state index is 13.8. The van der Waals surface area contributed by atoms with Crippen LogP contribution < -0.4 is 9.80 Å². The zero-order valence-electron chi connectivity index (χ0n) is 27.9. The maximum atomic E-state index is 13.8. The normalized spacial score (nSPS) is 13.3. The number of hydrogen-bond donors (Lipinski definition) is 0. The summed E-state index contributed by atoms with van der Waals surface area (Å²) in [5, 5.41) is 6.37. The molecule has 0 unspecified atom stereocenters. The van der Waals surface area contributed by atoms with Crippen LogP contribution in [0.4, 0.5) is 11.4 Å². The third kappa shape index (κ3) is 4.40. The molecule has 0 atom stereocenters. The van der Waals surface area contributed by atoms with Gasteiger partial charge in [0.05, 0.1) is 11.4 Å². The van der Waals surface area contributed by atoms with E-state index < -0.39 is 0 Å². The lowest BCUT2D eigenvalue weighted by molar-refractivity contribution is 0.0877. The van der Waals surface area contributed by atoms with Crippen LogP contribution >= 0.6 is 0 Å². The molecule has 0 spiro atoms. The summed E-state index contributed by atoms with van der Waals surface area (Å²) >= 11 is 0. The van der Waals surface area contributed by atoms with Crippen molar-refractivity contribution in [2.75, 3.05) is 9.80 Å². The monoisotopic (exact) mass is 632 g/mol. The fourth-order valence-electron chi connectivity index (χ4n) is 6.89. The molecule has 0 radical (unpaired) electrons. The average Bonchev–Trinajstić information content (AvgIpc) is 3.15. The Morgan fingerprint density at radius 2 is 0.562 bits per heavy atom. The third-order valence-electron chi connectivity index (χ3n) is 8.66. The molecule has 9 rings (SSSR count). The van der Waals surface area contributed by atoms with Crippen LogP contribution in [-0.4, -0.2) is 23.6 Å². The summed E-state index contributed by atoms with van der Waals surface area (Å²) in [4.78, 5) is 57.5. The molecule has 0 N–H and O–H groups in total. The Kier molecular flexibility index (Phi) is 8.50. The molecule has 0 bridgehead atoms. The summed E-state index contributed by atoms with van der Waals surface area (Å²) in [6.07, 6.45) is 0. The van der Waals surface area contributed by atoms with Crippen molar-refractivity contribution in [1.29, 1.82) is 0 Å². The Balaban J connectivity index is 0.000000636. The van der Waals surface area contributed by atoms with Crippen LogP contribution in [0, 0.1) is 0 Å². The Hall–Kier alpha value is -5.88. The van der Waals surface area contributed by atoms with Gasteiger partial charge in [0.1, 0.15) is 0 Å². The third-order valence-corrected chi connectivity index (χ3v) is 8.66. The van der Waals surface area contributed by atoms with Gasteiger partial charge in [-0.25, -0.2) is 9.80 Å². The van der Waals surface area contributed by atoms with Crippen molar-refractivity contribution in [2.45, 2.75) is 41.5 Å². The zero-order chi connectivity index (χ0) is 34.3. The first kappa shape index (κ1) is 32.1. The van der Waals surface area contributed by atoms with Crippen LogP contribution in [0.25, 0.3) is 43.1 Å². The van der Waals surface area contributed by atoms with Gasteiger partial charge in [-0.15, -0.1) is 0 Å². The SMILES string of the molecule is CC.CC.CC.O=C1c2ccc3c4ccc5c6c(ccc(c7ccc(c2c37)C(=O)N1c1ccccc1)c64)C(=O)N(c1ccccc1)C5=O. The van der Waals surface area contributed by atoms with Crippen LogP contribution in [0.5, 0.6) is 0 Å². The fraction of sp³-hybridized carbons (Fsp3) is 0.143. The Labute approximate surface area is 279 Å². The van der Waals surface area contributed by atoms with Gasteiger partial charge >= 0.3 is 0 Å². The Morgan fingerprint density at radius 1 is 0.312 bits per heavy atom. The van der Waals surface area contributed by atoms with Crippen molar-refractivity contribution >= 4 is 78.1 Å². The molecule has 6 nitrogen and oxygen atoms in total. The number of amides is 4. The number of anilines is 2. The number of imide groups is 2. The van der Waals surface area contributed by atoms with Crippen LogP contribution in [0.15, 0.2) is 109 Å². The van der Waals surface area contributed by atoms with Crippen LogP contribution in [0.1, 0.15) is 83.0 Å². The molecule has 0 aromatic heterocycles. The first-order valence-electron chi connectivity index (χ1n) is 16.6. The molecule has 2 aliphatic rings. The van der Waals surface area contributed by atoms with E-state index in [9.17, 15) is 19.2 Å². The largest absolute Gasteiger partial charge is 0.268 e. The molecule has 0 fully saturated rings. The van der Waals surface area contributed by atoms with Crippen molar-refractivity contribution < 1.29 is 19.2 Å². The topological polar surface area (TPSA) is 74.8 Å². The molecule has 238 valence electrons. The summed E-state index contributed by atoms with van der Waals surface area (Å²) in [7, 11) is 0. The van der Waals surface area contributed by atoms with E-state index in [1.807, 2.05) is 77.9 Å². The molecule has 7 aromatic carbocycles. The molecule has 4 amide bonds. The van der Waals surface area contributed by atoms with E-state index in [0.717, 1.165) is 32.3 Å². The van der Waals surface area contributed by atoms with E-state index in [1.54, 1.807) is 72.8 Å². The van der Waals surface area contributed by atoms with Gasteiger partial charge in [-0.2, -0.15) is 0 Å². The van der Waals surface area contributed by atoms with Gasteiger partial charge in [-0.1, -0.05) is 102 Å². The first-order chi connectivity index (χ1) is 23.5. The van der Waals surface area contributed by atoms with E-state index >= 15 is 0 Å². The van der Waals surface area contributed by atoms with Gasteiger partial charge in [-0.3, -0.25) is 19.2 Å². The van der Waals surface area contributed by atoms with Gasteiger partial charge in [0, 0.05) is 33.0 Å². The predicted molar refractivity (Wildman–Crippen MR) is 197 cm³/mol. The smallest absolute Gasteiger partial charge is 0.265 e. The Morgan fingerprint density at radius 3 is 0.812 bits per heavy atom. The summed E-state index contributed by atoms with van der Waals surface area (Å²) in [6.45, 7) is 12.0. The predicted octanol–water partition coefficient (Wildman–Crippen LogP) is 10.4. The molecular formula is C42H36N2O4. The van der Waals surface area contributed by atoms with E-state index in [2.05, 4.69) is 0 Å². The van der Waals surface area contributed by atoms with Gasteiger partial charge < -0.3 is 0 Å². The number of carbonyl (C=O) groups is 4. The van der Waals surface area contributed by atoms with Crippen molar-refractivity contribution in [2.24, 2.45) is 0 Å². The molecule has 0 saturated heterocycles. The molecular weight excluding hydrogens is 596 g/mol. The van der Waals surface area contributed by atoms with Crippen molar-refractivity contribution in [3.05, 3.63) is 131 Å². The minimum Gasteiger partial charge on any atom is -0.268 e. The van der Waals surface area contributed by atoms with Crippen LogP contribution in [0.2, 0.25) is 0 Å². The van der Waals surface area contributed by atoms with Crippen molar-refractivity contribution in [3.63, 3.8) is 0 Å². The Bertz CT molecular complexity index is 2090. The van der Waals surface area contributed by atoms with Gasteiger partial charge in [0.15, 0.2) is 0 Å². The van der Waals surface area contributed by atoms with Crippen LogP contribution in [0.3, 0.4) is 0 Å². The number of fused-ring (bicyclic) bond motifs is 2. The molecule has 6 heteroatoms. The van der Waals surface area contributed by atoms with Gasteiger partial charge in [0.25, 0.3) is 23.6 Å². The fourth-order valence-corrected chi connectivity index (χ4v) is 6.89. The molecule has 2 aliphatic heterocycles. The number of para-hydroxylation sites is 2. The highest BCUT2D eigenvalue weighted by Gasteiger charge is 2.37. The van der Waals surface area contributed by atoms with Crippen molar-refractivity contribution in [1.82, 2.24) is 0 Å². The quantitative estimate of drug-likeness (QED) is 0.108. The highest BCUT2D eigenvalue weighted by atomic mass is 16.2. The van der Waals surface area contributed by atoms with E-state index in [-0.39, 0.29) is 23.6 Å². The number of nitrogens with zero attached hydrogens (tertiary/aromatic N) is 2. The number of benzene rings is 7. The lowest BCUT2D eigenvalue weighted by atomic mass is 9.82. The summed E-state index contributed by atoms with van der Waals surface area (Å²) < 4.78 is 0. The molecule has 2 heterocycles. The van der Waals surface area contributed by atoms with Gasteiger partial charge in [0.2, 0.25) is 0 Å². The standard InChI is InChI=1S/C36H18N2O4.3C2H6/c39-33-25-15-11-21-23-13-17-27-32-28(36(42)38(35(27)41)20-9-5-2-6-10-20)18-14-24(30(23)32)22-12-16-26(31(25)29(21)22)34(40)37(33)19-7-3-1-4-8-19;3*1-2/h1-18H;3*1-2H3. The lowest BCUT2D eigenvalue weighted by Crippen LogP contribution is -2.40. The second kappa shape index (κ2) is 12.7. The summed E-state index contributed by atoms with van der Waals surface area (Å²) in [6, 6.07) is 32.7. The highest BCUT2D eigenvalue weighted by Crippen LogP contribution is 2.46. The first-order valence-corrected chi connectivity index (χ1v) is 16.6. The van der Waals surface area contributed by atoms with Crippen LogP contribution in [-0.2, 0) is 0 Å². The average molecular weight is 633 g/mol. The summed E-state index contributed by atoms with van der Waals surface area (Å²) in [5.74, 6) is -1.46. The van der Waals surface area contributed by atoms with E-state index in [1.165, 1.54) is 9.80 Å². The highest BCUT2D eigenvalue weighted by molar-refractivity contribution is 6.45. The number of hydrogen-bond acceptors (Lipinski definition) is 4. The second-order valence-electron chi connectivity index (χ2n) is 10.7. The van der Waals surface area contributed by atoms with Crippen molar-refractivity contribution in [3.8, 4) is 0 Å². The van der Waals surface area contributed by atoms with E-state index in [0.29, 0.717) is 44.4 Å². The zero-order valence-corrected chi connectivity index (χ0v) is 27.9. The number of carbonyl (C=O) groups excluding carboxylic acids is 4. The minimum atomic E-state index is -0.365.